The van der Waals surface area contributed by atoms with Gasteiger partial charge >= 0.3 is 23.2 Å². The van der Waals surface area contributed by atoms with E-state index >= 15 is 0 Å². The van der Waals surface area contributed by atoms with Gasteiger partial charge in [0.2, 0.25) is 0 Å². The van der Waals surface area contributed by atoms with Crippen molar-refractivity contribution in [2.75, 3.05) is 0 Å². The Morgan fingerprint density at radius 1 is 1.14 bits per heavy atom. The summed E-state index contributed by atoms with van der Waals surface area (Å²) in [6.07, 6.45) is 0. The van der Waals surface area contributed by atoms with Gasteiger partial charge in [0, 0.05) is 10.4 Å². The zero-order chi connectivity index (χ0) is 6.50. The normalized spacial score (nSPS) is 8.71. The predicted molar refractivity (Wildman–Crippen MR) is 11.2 cm³/mol. The number of rotatable bonds is 0. The van der Waals surface area contributed by atoms with Gasteiger partial charge in [-0.25, -0.2) is 0 Å². The quantitative estimate of drug-likeness (QED) is 0.402. The molecule has 0 aromatic carbocycles. The molecule has 7 heteroatoms. The van der Waals surface area contributed by atoms with E-state index in [2.05, 4.69) is 0 Å². The molecule has 0 rings (SSSR count). The van der Waals surface area contributed by atoms with Crippen molar-refractivity contribution < 1.29 is 40.7 Å². The van der Waals surface area contributed by atoms with Crippen LogP contribution in [-0.4, -0.2) is 17.5 Å². The Morgan fingerprint density at radius 3 is 1.14 bits per heavy atom. The summed E-state index contributed by atoms with van der Waals surface area (Å²) in [5.41, 5.74) is 0. The molecule has 0 aromatic heterocycles. The molecule has 0 bridgehead atoms. The second kappa shape index (κ2) is 4.52. The van der Waals surface area contributed by atoms with Crippen molar-refractivity contribution in [3.8, 4) is 0 Å². The summed E-state index contributed by atoms with van der Waals surface area (Å²) < 4.78 is 42.4. The fourth-order valence-electron chi connectivity index (χ4n) is 0. The molecule has 0 N–H and O–H groups in total. The van der Waals surface area contributed by atoms with E-state index in [1.54, 1.807) is 0 Å². The van der Waals surface area contributed by atoms with Gasteiger partial charge in [0.1, 0.15) is 0 Å². The fraction of sp³-hybridized carbons (Fsp3) is 0. The van der Waals surface area contributed by atoms with Crippen LogP contribution < -0.4 is 0 Å². The van der Waals surface area contributed by atoms with E-state index in [4.69, 9.17) is 20.9 Å². The second-order valence-corrected chi connectivity index (χ2v) is 1.22. The Bertz CT molecular complexity index is 102. The number of hydrogen-bond acceptors (Lipinski definition) is 5. The van der Waals surface area contributed by atoms with Gasteiger partial charge in [0.05, 0.1) is 0 Å². The molecule has 0 spiro atoms. The van der Waals surface area contributed by atoms with Crippen molar-refractivity contribution in [3.05, 3.63) is 0 Å². The molecule has 7 heavy (non-hydrogen) atoms. The molecule has 42 valence electrons. The van der Waals surface area contributed by atoms with Crippen LogP contribution in [0.2, 0.25) is 0 Å². The van der Waals surface area contributed by atoms with Gasteiger partial charge in [-0.2, -0.15) is 0 Å². The van der Waals surface area contributed by atoms with Crippen LogP contribution in [0.3, 0.4) is 0 Å². The zero-order valence-electron chi connectivity index (χ0n) is 2.86. The first kappa shape index (κ1) is 10.4. The van der Waals surface area contributed by atoms with E-state index in [0.29, 0.717) is 19.8 Å². The minimum atomic E-state index is -5.17. The Morgan fingerprint density at radius 2 is 1.14 bits per heavy atom. The van der Waals surface area contributed by atoms with Gasteiger partial charge in [-0.1, -0.05) is 0 Å². The van der Waals surface area contributed by atoms with Gasteiger partial charge in [0.15, 0.2) is 0 Å². The van der Waals surface area contributed by atoms with Gasteiger partial charge in [-0.15, -0.1) is 0 Å². The Hall–Kier alpha value is 0.358. The molecule has 0 heterocycles. The molecule has 0 aliphatic rings. The molecule has 0 saturated heterocycles. The molecule has 0 atom stereocenters. The minimum absolute atomic E-state index is 0.333. The van der Waals surface area contributed by atoms with E-state index in [-0.39, 0.29) is 0 Å². The Kier molecular flexibility index (Phi) is 6.68. The van der Waals surface area contributed by atoms with Crippen molar-refractivity contribution in [1.29, 1.82) is 0 Å². The van der Waals surface area contributed by atoms with Crippen LogP contribution in [0.25, 0.3) is 0 Å². The molecule has 0 unspecified atom stereocenters. The van der Waals surface area contributed by atoms with E-state index in [9.17, 15) is 0 Å². The first-order valence-corrected chi connectivity index (χ1v) is 3.36. The molecule has 0 aromatic rings. The van der Waals surface area contributed by atoms with Gasteiger partial charge < -0.3 is 9.11 Å². The third-order valence-electron chi connectivity index (χ3n) is 0. The molecule has 0 amide bonds. The van der Waals surface area contributed by atoms with Crippen molar-refractivity contribution >= 4 is 10.4 Å². The molecule has 0 aliphatic carbocycles. The summed E-state index contributed by atoms with van der Waals surface area (Å²) in [6, 6.07) is 0. The number of hydrogen-bond donors (Lipinski definition) is 0. The molecule has 0 saturated carbocycles. The van der Waals surface area contributed by atoms with Crippen molar-refractivity contribution in [2.24, 2.45) is 0 Å². The fourth-order valence-corrected chi connectivity index (χ4v) is 0. The van der Waals surface area contributed by atoms with Crippen LogP contribution in [-0.2, 0) is 33.6 Å². The predicted octanol–water partition coefficient (Wildman–Crippen LogP) is -1.46. The van der Waals surface area contributed by atoms with Crippen LogP contribution in [0.5, 0.6) is 0 Å². The third-order valence-corrected chi connectivity index (χ3v) is 0. The van der Waals surface area contributed by atoms with Crippen LogP contribution in [0.1, 0.15) is 0 Å². The van der Waals surface area contributed by atoms with E-state index < -0.39 is 10.4 Å². The summed E-state index contributed by atoms with van der Waals surface area (Å²) in [6.45, 7) is 0. The van der Waals surface area contributed by atoms with Crippen molar-refractivity contribution in [3.63, 3.8) is 0 Å². The SMILES string of the molecule is O=S(=O)([O-])[O-].[O]=[W+2]. The van der Waals surface area contributed by atoms with Gasteiger partial charge in [-0.3, -0.25) is 8.42 Å². The summed E-state index contributed by atoms with van der Waals surface area (Å²) in [4.78, 5) is 0. The average Bonchev–Trinajstić information content (AvgIpc) is 1.36. The molecule has 0 radical (unpaired) electrons. The van der Waals surface area contributed by atoms with Crippen LogP contribution in [0.4, 0.5) is 0 Å². The molecular weight excluding hydrogens is 296 g/mol. The second-order valence-electron chi connectivity index (χ2n) is 0.408. The van der Waals surface area contributed by atoms with Gasteiger partial charge in [-0.05, 0) is 0 Å². The zero-order valence-corrected chi connectivity index (χ0v) is 6.61. The topological polar surface area (TPSA) is 97.3 Å². The third kappa shape index (κ3) is 941. The molecule has 5 nitrogen and oxygen atoms in total. The van der Waals surface area contributed by atoms with E-state index in [0.717, 1.165) is 0 Å². The summed E-state index contributed by atoms with van der Waals surface area (Å²) in [5.74, 6) is 0. The van der Waals surface area contributed by atoms with E-state index in [1.165, 1.54) is 0 Å². The standard InChI is InChI=1S/H2O4S.O.W/c1-5(2,3)4;;/h(H2,1,2,3,4);;/q;;+2/p-2. The summed E-state index contributed by atoms with van der Waals surface area (Å²) in [5, 5.41) is 0. The average molecular weight is 296 g/mol. The Labute approximate surface area is 51.5 Å². The first-order chi connectivity index (χ1) is 3.00. The monoisotopic (exact) mass is 296 g/mol. The maximum absolute atomic E-state index is 8.52. The van der Waals surface area contributed by atoms with E-state index in [1.807, 2.05) is 0 Å². The van der Waals surface area contributed by atoms with Crippen LogP contribution >= 0.6 is 0 Å². The maximum atomic E-state index is 8.52. The molecule has 0 aliphatic heterocycles. The Balaban J connectivity index is 0. The molecule has 0 fully saturated rings. The van der Waals surface area contributed by atoms with Crippen LogP contribution in [0, 0.1) is 0 Å². The first-order valence-electron chi connectivity index (χ1n) is 0.833. The van der Waals surface area contributed by atoms with Crippen molar-refractivity contribution in [1.82, 2.24) is 0 Å². The molecular formula is O5SW. The summed E-state index contributed by atoms with van der Waals surface area (Å²) in [7, 11) is -5.17. The van der Waals surface area contributed by atoms with Crippen LogP contribution in [0.15, 0.2) is 0 Å². The summed E-state index contributed by atoms with van der Waals surface area (Å²) >= 11 is 0.333. The van der Waals surface area contributed by atoms with Crippen molar-refractivity contribution in [2.45, 2.75) is 0 Å². The van der Waals surface area contributed by atoms with Gasteiger partial charge in [0.25, 0.3) is 0 Å².